The van der Waals surface area contributed by atoms with E-state index in [-0.39, 0.29) is 17.8 Å². The lowest BCUT2D eigenvalue weighted by molar-refractivity contribution is 0.0693. The highest BCUT2D eigenvalue weighted by Gasteiger charge is 2.23. The maximum Gasteiger partial charge on any atom is 0.336 e. The quantitative estimate of drug-likeness (QED) is 0.321. The Bertz CT molecular complexity index is 1220. The first kappa shape index (κ1) is 28.9. The first-order valence-electron chi connectivity index (χ1n) is 11.7. The van der Waals surface area contributed by atoms with Gasteiger partial charge in [0, 0.05) is 28.6 Å². The molecule has 0 radical (unpaired) electrons. The first-order chi connectivity index (χ1) is 15.9. The van der Waals surface area contributed by atoms with Gasteiger partial charge < -0.3 is 10.8 Å². The Morgan fingerprint density at radius 1 is 1.00 bits per heavy atom. The third kappa shape index (κ3) is 6.66. The van der Waals surface area contributed by atoms with E-state index < -0.39 is 5.97 Å². The summed E-state index contributed by atoms with van der Waals surface area (Å²) < 4.78 is 0. The van der Waals surface area contributed by atoms with Gasteiger partial charge in [0.15, 0.2) is 0 Å². The Morgan fingerprint density at radius 2 is 1.63 bits per heavy atom. The molecule has 0 atom stereocenters. The molecule has 2 aromatic carbocycles. The van der Waals surface area contributed by atoms with E-state index in [1.54, 1.807) is 17.8 Å². The summed E-state index contributed by atoms with van der Waals surface area (Å²) in [5.41, 5.74) is 16.6. The second-order valence-electron chi connectivity index (χ2n) is 10.3. The lowest BCUT2D eigenvalue weighted by Gasteiger charge is -2.24. The molecule has 0 unspecified atom stereocenters. The van der Waals surface area contributed by atoms with Crippen molar-refractivity contribution in [2.45, 2.75) is 72.1 Å². The molecule has 3 N–H and O–H groups in total. The van der Waals surface area contributed by atoms with Crippen molar-refractivity contribution < 1.29 is 9.90 Å². The summed E-state index contributed by atoms with van der Waals surface area (Å²) in [6, 6.07) is 12.1. The lowest BCUT2D eigenvalue weighted by atomic mass is 9.85. The Balaban J connectivity index is 0.00000432. The number of aryl methyl sites for hydroxylation is 3. The Kier molecular flexibility index (Phi) is 9.57. The molecule has 0 saturated carbocycles. The third-order valence-corrected chi connectivity index (χ3v) is 7.45. The zero-order valence-electron chi connectivity index (χ0n) is 21.8. The number of carbonyl (C=O) groups is 1. The van der Waals surface area contributed by atoms with Crippen LogP contribution < -0.4 is 5.73 Å². The number of thioether (sulfide) groups is 1. The van der Waals surface area contributed by atoms with Crippen LogP contribution in [0.15, 0.2) is 41.3 Å². The Hall–Kier alpha value is -2.34. The number of aromatic carboxylic acids is 1. The zero-order chi connectivity index (χ0) is 25.2. The standard InChI is InChI=1S/C29H36N2O2S.ClH/c1-17-8-11-21(12-9-17)26-23(15-30)25(14-29(5,6)7)31-20(4)24(26)16-34-27-19(3)18(2)10-13-22(27)28(32)33;/h8-13H,14-16,30H2,1-7H3,(H,32,33);1H. The summed E-state index contributed by atoms with van der Waals surface area (Å²) in [6.07, 6.45) is 0.840. The van der Waals surface area contributed by atoms with Crippen molar-refractivity contribution >= 4 is 30.1 Å². The summed E-state index contributed by atoms with van der Waals surface area (Å²) in [6.45, 7) is 15.2. The van der Waals surface area contributed by atoms with E-state index in [1.807, 2.05) is 19.9 Å². The minimum absolute atomic E-state index is 0. The van der Waals surface area contributed by atoms with Crippen LogP contribution in [0, 0.1) is 33.1 Å². The van der Waals surface area contributed by atoms with Crippen LogP contribution in [0.1, 0.15) is 70.3 Å². The number of carboxylic acid groups (broad SMARTS) is 1. The van der Waals surface area contributed by atoms with Gasteiger partial charge in [-0.1, -0.05) is 56.7 Å². The molecule has 0 aliphatic carbocycles. The molecule has 35 heavy (non-hydrogen) atoms. The molecule has 0 bridgehead atoms. The topological polar surface area (TPSA) is 76.2 Å². The molecule has 1 heterocycles. The van der Waals surface area contributed by atoms with E-state index in [1.165, 1.54) is 5.56 Å². The lowest BCUT2D eigenvalue weighted by Crippen LogP contribution is -2.17. The molecular formula is C29H37ClN2O2S. The molecule has 0 saturated heterocycles. The molecule has 0 aliphatic heterocycles. The van der Waals surface area contributed by atoms with Crippen LogP contribution in [0.2, 0.25) is 0 Å². The highest BCUT2D eigenvalue weighted by atomic mass is 35.5. The van der Waals surface area contributed by atoms with Crippen molar-refractivity contribution in [1.82, 2.24) is 4.98 Å². The summed E-state index contributed by atoms with van der Waals surface area (Å²) in [4.78, 5) is 17.8. The van der Waals surface area contributed by atoms with E-state index in [2.05, 4.69) is 58.9 Å². The maximum absolute atomic E-state index is 11.9. The molecule has 188 valence electrons. The molecule has 3 rings (SSSR count). The largest absolute Gasteiger partial charge is 0.478 e. The molecule has 1 aromatic heterocycles. The number of carboxylic acids is 1. The SMILES string of the molecule is Cc1ccc(-c2c(CSc3c(C(=O)O)ccc(C)c3C)c(C)nc(CC(C)(C)C)c2CN)cc1.Cl. The fraction of sp³-hybridized carbons (Fsp3) is 0.379. The number of nitrogens with two attached hydrogens (primary N) is 1. The van der Waals surface area contributed by atoms with Crippen molar-refractivity contribution in [2.24, 2.45) is 11.1 Å². The van der Waals surface area contributed by atoms with Crippen LogP contribution in [0.25, 0.3) is 11.1 Å². The number of halogens is 1. The minimum Gasteiger partial charge on any atom is -0.478 e. The predicted octanol–water partition coefficient (Wildman–Crippen LogP) is 7.44. The van der Waals surface area contributed by atoms with E-state index in [4.69, 9.17) is 10.7 Å². The van der Waals surface area contributed by atoms with Gasteiger partial charge in [-0.15, -0.1) is 24.2 Å². The number of nitrogens with zero attached hydrogens (tertiary/aromatic N) is 1. The van der Waals surface area contributed by atoms with Crippen LogP contribution >= 0.6 is 24.2 Å². The van der Waals surface area contributed by atoms with Gasteiger partial charge >= 0.3 is 5.97 Å². The molecule has 3 aromatic rings. The summed E-state index contributed by atoms with van der Waals surface area (Å²) in [5, 5.41) is 9.78. The first-order valence-corrected chi connectivity index (χ1v) is 12.7. The smallest absolute Gasteiger partial charge is 0.336 e. The van der Waals surface area contributed by atoms with Crippen LogP contribution in [-0.4, -0.2) is 16.1 Å². The fourth-order valence-electron chi connectivity index (χ4n) is 4.25. The monoisotopic (exact) mass is 512 g/mol. The van der Waals surface area contributed by atoms with E-state index in [0.717, 1.165) is 56.1 Å². The highest BCUT2D eigenvalue weighted by Crippen LogP contribution is 2.39. The Labute approximate surface area is 220 Å². The third-order valence-electron chi connectivity index (χ3n) is 6.20. The minimum atomic E-state index is -0.901. The van der Waals surface area contributed by atoms with E-state index in [0.29, 0.717) is 17.9 Å². The van der Waals surface area contributed by atoms with Crippen LogP contribution in [0.5, 0.6) is 0 Å². The second kappa shape index (κ2) is 11.6. The van der Waals surface area contributed by atoms with Gasteiger partial charge in [0.25, 0.3) is 0 Å². The average molecular weight is 513 g/mol. The number of aromatic nitrogens is 1. The number of rotatable bonds is 7. The Morgan fingerprint density at radius 3 is 2.17 bits per heavy atom. The maximum atomic E-state index is 11.9. The second-order valence-corrected chi connectivity index (χ2v) is 11.2. The van der Waals surface area contributed by atoms with Gasteiger partial charge in [-0.3, -0.25) is 4.98 Å². The van der Waals surface area contributed by atoms with Crippen LogP contribution in [0.3, 0.4) is 0 Å². The van der Waals surface area contributed by atoms with Gasteiger partial charge in [-0.2, -0.15) is 0 Å². The summed E-state index contributed by atoms with van der Waals surface area (Å²) in [7, 11) is 0. The number of hydrogen-bond donors (Lipinski definition) is 2. The van der Waals surface area contributed by atoms with Crippen LogP contribution in [-0.2, 0) is 18.7 Å². The molecule has 0 aliphatic rings. The van der Waals surface area contributed by atoms with Gasteiger partial charge in [0.2, 0.25) is 0 Å². The predicted molar refractivity (Wildman–Crippen MR) is 150 cm³/mol. The van der Waals surface area contributed by atoms with Crippen molar-refractivity contribution in [3.63, 3.8) is 0 Å². The normalized spacial score (nSPS) is 11.3. The number of hydrogen-bond acceptors (Lipinski definition) is 4. The van der Waals surface area contributed by atoms with Crippen molar-refractivity contribution in [1.29, 1.82) is 0 Å². The fourth-order valence-corrected chi connectivity index (χ4v) is 5.58. The molecule has 0 spiro atoms. The number of pyridine rings is 1. The van der Waals surface area contributed by atoms with Gasteiger partial charge in [0.1, 0.15) is 0 Å². The van der Waals surface area contributed by atoms with Crippen LogP contribution in [0.4, 0.5) is 0 Å². The van der Waals surface area contributed by atoms with Crippen molar-refractivity contribution in [2.75, 3.05) is 0 Å². The molecule has 6 heteroatoms. The van der Waals surface area contributed by atoms with E-state index in [9.17, 15) is 9.90 Å². The van der Waals surface area contributed by atoms with Gasteiger partial charge in [-0.25, -0.2) is 4.79 Å². The summed E-state index contributed by atoms with van der Waals surface area (Å²) in [5.74, 6) is -0.280. The van der Waals surface area contributed by atoms with Gasteiger partial charge in [-0.05, 0) is 79.0 Å². The zero-order valence-corrected chi connectivity index (χ0v) is 23.4. The highest BCUT2D eigenvalue weighted by molar-refractivity contribution is 7.98. The molecule has 0 fully saturated rings. The summed E-state index contributed by atoms with van der Waals surface area (Å²) >= 11 is 1.57. The van der Waals surface area contributed by atoms with Crippen molar-refractivity contribution in [3.05, 3.63) is 81.2 Å². The van der Waals surface area contributed by atoms with Crippen molar-refractivity contribution in [3.8, 4) is 11.1 Å². The molecular weight excluding hydrogens is 476 g/mol. The number of benzene rings is 2. The average Bonchev–Trinajstić information content (AvgIpc) is 2.74. The molecule has 0 amide bonds. The molecule has 4 nitrogen and oxygen atoms in total. The van der Waals surface area contributed by atoms with Gasteiger partial charge in [0.05, 0.1) is 5.56 Å². The van der Waals surface area contributed by atoms with E-state index >= 15 is 0 Å².